The van der Waals surface area contributed by atoms with Crippen molar-refractivity contribution in [1.82, 2.24) is 4.90 Å². The minimum atomic E-state index is 0. The van der Waals surface area contributed by atoms with Crippen molar-refractivity contribution in [2.45, 2.75) is 12.8 Å². The van der Waals surface area contributed by atoms with Crippen LogP contribution in [0.25, 0.3) is 0 Å². The van der Waals surface area contributed by atoms with Crippen molar-refractivity contribution < 1.29 is 9.47 Å². The highest BCUT2D eigenvalue weighted by Gasteiger charge is 2.11. The summed E-state index contributed by atoms with van der Waals surface area (Å²) in [7, 11) is 1.68. The molecule has 0 aromatic carbocycles. The first-order valence-electron chi connectivity index (χ1n) is 6.54. The summed E-state index contributed by atoms with van der Waals surface area (Å²) in [6, 6.07) is 0. The zero-order valence-corrected chi connectivity index (χ0v) is 14.8. The van der Waals surface area contributed by atoms with Crippen LogP contribution < -0.4 is 5.73 Å². The zero-order chi connectivity index (χ0) is 13.1. The predicted octanol–water partition coefficient (Wildman–Crippen LogP) is 1.41. The van der Waals surface area contributed by atoms with Crippen molar-refractivity contribution in [2.24, 2.45) is 10.7 Å². The second-order valence-electron chi connectivity index (χ2n) is 4.15. The number of thioether (sulfide) groups is 1. The van der Waals surface area contributed by atoms with Gasteiger partial charge in [0.15, 0.2) is 5.96 Å². The second kappa shape index (κ2) is 13.3. The summed E-state index contributed by atoms with van der Waals surface area (Å²) in [5, 5.41) is 0. The second-order valence-corrected chi connectivity index (χ2v) is 5.38. The van der Waals surface area contributed by atoms with E-state index in [0.29, 0.717) is 19.2 Å². The number of unbranched alkanes of at least 4 members (excludes halogenated alkanes) is 1. The van der Waals surface area contributed by atoms with Gasteiger partial charge in [0.05, 0.1) is 13.2 Å². The maximum Gasteiger partial charge on any atom is 0.191 e. The summed E-state index contributed by atoms with van der Waals surface area (Å²) in [4.78, 5) is 6.58. The number of aliphatic imine (C=N–C) groups is 1. The van der Waals surface area contributed by atoms with Crippen molar-refractivity contribution >= 4 is 41.7 Å². The number of methoxy groups -OCH3 is 1. The van der Waals surface area contributed by atoms with Gasteiger partial charge >= 0.3 is 0 Å². The largest absolute Gasteiger partial charge is 0.382 e. The summed E-state index contributed by atoms with van der Waals surface area (Å²) < 4.78 is 10.3. The Bertz CT molecular complexity index is 239. The first-order chi connectivity index (χ1) is 8.84. The molecule has 5 nitrogen and oxygen atoms in total. The fraction of sp³-hybridized carbons (Fsp3) is 0.917. The average molecular weight is 403 g/mol. The van der Waals surface area contributed by atoms with Gasteiger partial charge in [-0.15, -0.1) is 24.0 Å². The number of guanidine groups is 1. The molecule has 0 saturated carbocycles. The van der Waals surface area contributed by atoms with Crippen molar-refractivity contribution in [3.05, 3.63) is 0 Å². The molecule has 19 heavy (non-hydrogen) atoms. The molecule has 0 amide bonds. The molecule has 1 aliphatic heterocycles. The van der Waals surface area contributed by atoms with Crippen LogP contribution >= 0.6 is 35.7 Å². The summed E-state index contributed by atoms with van der Waals surface area (Å²) in [6.07, 6.45) is 2.05. The Hall–Kier alpha value is 0.270. The monoisotopic (exact) mass is 403 g/mol. The fourth-order valence-corrected chi connectivity index (χ4v) is 2.55. The van der Waals surface area contributed by atoms with E-state index in [2.05, 4.69) is 9.89 Å². The van der Waals surface area contributed by atoms with Crippen molar-refractivity contribution in [2.75, 3.05) is 58.1 Å². The minimum absolute atomic E-state index is 0. The molecule has 7 heteroatoms. The summed E-state index contributed by atoms with van der Waals surface area (Å²) in [6.45, 7) is 4.97. The number of nitrogens with two attached hydrogens (primary N) is 1. The van der Waals surface area contributed by atoms with Gasteiger partial charge in [-0.25, -0.2) is 0 Å². The fourth-order valence-electron chi connectivity index (χ4n) is 1.65. The lowest BCUT2D eigenvalue weighted by atomic mass is 10.3. The van der Waals surface area contributed by atoms with Gasteiger partial charge in [0, 0.05) is 44.9 Å². The standard InChI is InChI=1S/C12H25N3O2S.HI/c1-16-8-9-17-7-3-2-4-14-12(13)15-5-10-18-11-6-15;/h2-11H2,1H3,(H2,13,14);1H. The number of hydrogen-bond acceptors (Lipinski definition) is 4. The van der Waals surface area contributed by atoms with Crippen LogP contribution in [0.1, 0.15) is 12.8 Å². The Morgan fingerprint density at radius 3 is 2.63 bits per heavy atom. The molecule has 0 aromatic heterocycles. The van der Waals surface area contributed by atoms with E-state index in [9.17, 15) is 0 Å². The minimum Gasteiger partial charge on any atom is -0.382 e. The van der Waals surface area contributed by atoms with E-state index in [4.69, 9.17) is 15.2 Å². The van der Waals surface area contributed by atoms with Crippen LogP contribution in [0.15, 0.2) is 4.99 Å². The highest BCUT2D eigenvalue weighted by atomic mass is 127. The summed E-state index contributed by atoms with van der Waals surface area (Å²) in [5.41, 5.74) is 5.95. The maximum atomic E-state index is 5.95. The Balaban J connectivity index is 0.00000324. The topological polar surface area (TPSA) is 60.1 Å². The lowest BCUT2D eigenvalue weighted by molar-refractivity contribution is 0.0690. The van der Waals surface area contributed by atoms with E-state index >= 15 is 0 Å². The molecule has 1 fully saturated rings. The van der Waals surface area contributed by atoms with Gasteiger partial charge in [0.25, 0.3) is 0 Å². The maximum absolute atomic E-state index is 5.95. The van der Waals surface area contributed by atoms with Gasteiger partial charge in [-0.2, -0.15) is 11.8 Å². The summed E-state index contributed by atoms with van der Waals surface area (Å²) in [5.74, 6) is 3.02. The Kier molecular flexibility index (Phi) is 13.5. The molecule has 0 unspecified atom stereocenters. The van der Waals surface area contributed by atoms with E-state index < -0.39 is 0 Å². The van der Waals surface area contributed by atoms with Crippen LogP contribution in [0.2, 0.25) is 0 Å². The molecular weight excluding hydrogens is 377 g/mol. The smallest absolute Gasteiger partial charge is 0.191 e. The van der Waals surface area contributed by atoms with Crippen molar-refractivity contribution in [1.29, 1.82) is 0 Å². The molecular formula is C12H26IN3O2S. The average Bonchev–Trinajstić information content (AvgIpc) is 2.42. The molecule has 1 heterocycles. The van der Waals surface area contributed by atoms with Crippen LogP contribution in [0.3, 0.4) is 0 Å². The molecule has 1 rings (SSSR count). The molecule has 0 aliphatic carbocycles. The molecule has 1 saturated heterocycles. The highest BCUT2D eigenvalue weighted by Crippen LogP contribution is 2.08. The number of hydrogen-bond donors (Lipinski definition) is 1. The normalized spacial score (nSPS) is 16.3. The highest BCUT2D eigenvalue weighted by molar-refractivity contribution is 14.0. The van der Waals surface area contributed by atoms with E-state index in [1.165, 1.54) is 0 Å². The van der Waals surface area contributed by atoms with Gasteiger partial charge in [0.2, 0.25) is 0 Å². The molecule has 0 spiro atoms. The van der Waals surface area contributed by atoms with E-state index in [1.54, 1.807) is 7.11 Å². The third-order valence-electron chi connectivity index (χ3n) is 2.74. The molecule has 1 aliphatic rings. The number of halogens is 1. The first-order valence-corrected chi connectivity index (χ1v) is 7.69. The Morgan fingerprint density at radius 2 is 1.95 bits per heavy atom. The van der Waals surface area contributed by atoms with Gasteiger partial charge < -0.3 is 20.1 Å². The van der Waals surface area contributed by atoms with E-state index in [-0.39, 0.29) is 24.0 Å². The SMILES string of the molecule is COCCOCCCCN=C(N)N1CCSCC1.I. The predicted molar refractivity (Wildman–Crippen MR) is 92.7 cm³/mol. The number of rotatable bonds is 8. The Labute approximate surface area is 137 Å². The summed E-state index contributed by atoms with van der Waals surface area (Å²) >= 11 is 1.98. The third-order valence-corrected chi connectivity index (χ3v) is 3.68. The van der Waals surface area contributed by atoms with Crippen LogP contribution in [-0.4, -0.2) is 68.9 Å². The van der Waals surface area contributed by atoms with Crippen molar-refractivity contribution in [3.63, 3.8) is 0 Å². The lowest BCUT2D eigenvalue weighted by Gasteiger charge is -2.27. The molecule has 0 atom stereocenters. The van der Waals surface area contributed by atoms with Crippen LogP contribution in [0.5, 0.6) is 0 Å². The first kappa shape index (κ1) is 19.3. The van der Waals surface area contributed by atoms with Gasteiger partial charge in [-0.1, -0.05) is 0 Å². The van der Waals surface area contributed by atoms with Crippen LogP contribution in [-0.2, 0) is 9.47 Å². The van der Waals surface area contributed by atoms with E-state index in [0.717, 1.165) is 50.6 Å². The van der Waals surface area contributed by atoms with Gasteiger partial charge in [0.1, 0.15) is 0 Å². The molecule has 0 aromatic rings. The lowest BCUT2D eigenvalue weighted by Crippen LogP contribution is -2.42. The molecule has 0 bridgehead atoms. The number of ether oxygens (including phenoxy) is 2. The van der Waals surface area contributed by atoms with Gasteiger partial charge in [-0.05, 0) is 12.8 Å². The van der Waals surface area contributed by atoms with Crippen molar-refractivity contribution in [3.8, 4) is 0 Å². The molecule has 0 radical (unpaired) electrons. The van der Waals surface area contributed by atoms with E-state index in [1.807, 2.05) is 11.8 Å². The van der Waals surface area contributed by atoms with Crippen LogP contribution in [0.4, 0.5) is 0 Å². The molecule has 114 valence electrons. The number of nitrogens with zero attached hydrogens (tertiary/aromatic N) is 2. The van der Waals surface area contributed by atoms with Crippen LogP contribution in [0, 0.1) is 0 Å². The van der Waals surface area contributed by atoms with Gasteiger partial charge in [-0.3, -0.25) is 4.99 Å². The zero-order valence-electron chi connectivity index (χ0n) is 11.7. The Morgan fingerprint density at radius 1 is 1.21 bits per heavy atom. The quantitative estimate of drug-likeness (QED) is 0.288. The molecule has 2 N–H and O–H groups in total. The third kappa shape index (κ3) is 9.75.